The number of H-pyrrole nitrogens is 1. The summed E-state index contributed by atoms with van der Waals surface area (Å²) in [5.74, 6) is -0.456. The fourth-order valence-corrected chi connectivity index (χ4v) is 5.71. The molecule has 2 aromatic heterocycles. The van der Waals surface area contributed by atoms with Gasteiger partial charge in [0, 0.05) is 41.9 Å². The largest absolute Gasteiger partial charge is 0.463 e. The highest BCUT2D eigenvalue weighted by Gasteiger charge is 2.33. The number of nitrogens with zero attached hydrogens (tertiary/aromatic N) is 3. The van der Waals surface area contributed by atoms with Crippen molar-refractivity contribution in [1.29, 1.82) is 0 Å². The first-order valence-corrected chi connectivity index (χ1v) is 12.7. The number of hydrogen-bond acceptors (Lipinski definition) is 6. The normalized spacial score (nSPS) is 15.7. The Morgan fingerprint density at radius 2 is 1.89 bits per heavy atom. The van der Waals surface area contributed by atoms with Crippen LogP contribution in [-0.2, 0) is 9.53 Å². The molecular formula is C28H28N4O3S. The minimum absolute atomic E-state index is 0.181. The number of carbonyl (C=O) groups excluding carboxylic acids is 1. The number of ether oxygens (including phenoxy) is 1. The molecule has 5 rings (SSSR count). The molecule has 7 nitrogen and oxygen atoms in total. The Morgan fingerprint density at radius 1 is 1.17 bits per heavy atom. The molecule has 0 saturated carbocycles. The number of anilines is 1. The van der Waals surface area contributed by atoms with E-state index in [1.807, 2.05) is 80.5 Å². The van der Waals surface area contributed by atoms with Crippen LogP contribution in [0, 0.1) is 6.92 Å². The van der Waals surface area contributed by atoms with E-state index in [1.54, 1.807) is 18.4 Å². The van der Waals surface area contributed by atoms with Crippen molar-refractivity contribution in [3.63, 3.8) is 0 Å². The van der Waals surface area contributed by atoms with E-state index in [0.29, 0.717) is 20.6 Å². The zero-order chi connectivity index (χ0) is 25.6. The molecule has 0 fully saturated rings. The predicted molar refractivity (Wildman–Crippen MR) is 144 cm³/mol. The van der Waals surface area contributed by atoms with Crippen LogP contribution in [0.5, 0.6) is 0 Å². The minimum atomic E-state index is -0.622. The number of aromatic amines is 1. The summed E-state index contributed by atoms with van der Waals surface area (Å²) < 4.78 is 7.58. The molecule has 0 radical (unpaired) electrons. The van der Waals surface area contributed by atoms with Crippen LogP contribution in [0.3, 0.4) is 0 Å². The topological polar surface area (TPSA) is 79.7 Å². The summed E-state index contributed by atoms with van der Waals surface area (Å²) in [5.41, 5.74) is 5.61. The van der Waals surface area contributed by atoms with Crippen LogP contribution in [0.2, 0.25) is 0 Å². The lowest BCUT2D eigenvalue weighted by molar-refractivity contribution is -0.139. The van der Waals surface area contributed by atoms with Crippen molar-refractivity contribution in [2.75, 3.05) is 25.6 Å². The smallest absolute Gasteiger partial charge is 0.338 e. The molecule has 0 saturated heterocycles. The van der Waals surface area contributed by atoms with Gasteiger partial charge in [0.15, 0.2) is 4.80 Å². The van der Waals surface area contributed by atoms with Gasteiger partial charge in [0.05, 0.1) is 28.5 Å². The van der Waals surface area contributed by atoms with Crippen molar-refractivity contribution < 1.29 is 9.53 Å². The Balaban J connectivity index is 1.74. The van der Waals surface area contributed by atoms with Gasteiger partial charge < -0.3 is 14.6 Å². The van der Waals surface area contributed by atoms with E-state index in [4.69, 9.17) is 4.74 Å². The number of allylic oxidation sites excluding steroid dienone is 1. The minimum Gasteiger partial charge on any atom is -0.463 e. The molecule has 36 heavy (non-hydrogen) atoms. The summed E-state index contributed by atoms with van der Waals surface area (Å²) in [5, 5.41) is 1.06. The Bertz CT molecular complexity index is 1690. The first-order valence-electron chi connectivity index (χ1n) is 11.8. The first kappa shape index (κ1) is 23.8. The Kier molecular flexibility index (Phi) is 6.14. The first-order chi connectivity index (χ1) is 17.3. The van der Waals surface area contributed by atoms with Gasteiger partial charge in [0.2, 0.25) is 0 Å². The van der Waals surface area contributed by atoms with E-state index in [0.717, 1.165) is 33.4 Å². The van der Waals surface area contributed by atoms with Gasteiger partial charge >= 0.3 is 5.97 Å². The van der Waals surface area contributed by atoms with Crippen molar-refractivity contribution in [3.8, 4) is 0 Å². The van der Waals surface area contributed by atoms with Gasteiger partial charge in [0.25, 0.3) is 5.56 Å². The third kappa shape index (κ3) is 3.97. The molecule has 8 heteroatoms. The van der Waals surface area contributed by atoms with Crippen molar-refractivity contribution in [3.05, 3.63) is 96.3 Å². The van der Waals surface area contributed by atoms with E-state index in [-0.39, 0.29) is 12.2 Å². The maximum absolute atomic E-state index is 13.9. The molecule has 0 aliphatic carbocycles. The molecule has 4 aromatic rings. The number of carbonyl (C=O) groups is 1. The molecule has 0 spiro atoms. The van der Waals surface area contributed by atoms with Gasteiger partial charge in [-0.2, -0.15) is 0 Å². The van der Waals surface area contributed by atoms with Crippen LogP contribution in [-0.4, -0.2) is 36.2 Å². The Morgan fingerprint density at radius 3 is 2.58 bits per heavy atom. The highest BCUT2D eigenvalue weighted by Crippen LogP contribution is 2.31. The van der Waals surface area contributed by atoms with Crippen LogP contribution in [0.15, 0.2) is 69.6 Å². The van der Waals surface area contributed by atoms with E-state index in [9.17, 15) is 9.59 Å². The second kappa shape index (κ2) is 9.28. The van der Waals surface area contributed by atoms with Crippen LogP contribution in [0.4, 0.5) is 5.69 Å². The van der Waals surface area contributed by atoms with Crippen LogP contribution in [0.1, 0.15) is 36.7 Å². The molecular weight excluding hydrogens is 472 g/mol. The second-order valence-corrected chi connectivity index (χ2v) is 10.0. The molecule has 0 amide bonds. The van der Waals surface area contributed by atoms with Gasteiger partial charge in [-0.25, -0.2) is 9.79 Å². The lowest BCUT2D eigenvalue weighted by Gasteiger charge is -2.25. The Labute approximate surface area is 212 Å². The predicted octanol–water partition coefficient (Wildman–Crippen LogP) is 3.65. The number of hydrogen-bond donors (Lipinski definition) is 1. The fraction of sp³-hybridized carbons (Fsp3) is 0.250. The fourth-order valence-electron chi connectivity index (χ4n) is 4.68. The monoisotopic (exact) mass is 500 g/mol. The summed E-state index contributed by atoms with van der Waals surface area (Å²) in [4.78, 5) is 37.6. The number of aryl methyl sites for hydroxylation is 1. The number of rotatable bonds is 5. The van der Waals surface area contributed by atoms with Gasteiger partial charge in [-0.05, 0) is 50.6 Å². The third-order valence-corrected chi connectivity index (χ3v) is 7.44. The van der Waals surface area contributed by atoms with Gasteiger partial charge in [-0.3, -0.25) is 9.36 Å². The summed E-state index contributed by atoms with van der Waals surface area (Å²) in [6.07, 6.45) is 1.92. The van der Waals surface area contributed by atoms with E-state index in [2.05, 4.69) is 9.98 Å². The van der Waals surface area contributed by atoms with Crippen molar-refractivity contribution in [1.82, 2.24) is 9.55 Å². The molecule has 1 atom stereocenters. The van der Waals surface area contributed by atoms with E-state index < -0.39 is 12.0 Å². The lowest BCUT2D eigenvalue weighted by atomic mass is 9.95. The number of fused-ring (bicyclic) bond motifs is 2. The molecule has 184 valence electrons. The molecule has 1 N–H and O–H groups in total. The molecule has 1 aliphatic rings. The lowest BCUT2D eigenvalue weighted by Crippen LogP contribution is -2.40. The van der Waals surface area contributed by atoms with Crippen LogP contribution >= 0.6 is 11.3 Å². The van der Waals surface area contributed by atoms with Crippen LogP contribution in [0.25, 0.3) is 17.0 Å². The third-order valence-electron chi connectivity index (χ3n) is 6.46. The molecule has 1 unspecified atom stereocenters. The quantitative estimate of drug-likeness (QED) is 0.424. The Hall–Kier alpha value is -3.91. The maximum atomic E-state index is 13.9. The number of para-hydroxylation sites is 1. The van der Waals surface area contributed by atoms with Gasteiger partial charge in [0.1, 0.15) is 0 Å². The molecule has 2 aromatic carbocycles. The number of esters is 1. The average Bonchev–Trinajstić information content (AvgIpc) is 3.34. The van der Waals surface area contributed by atoms with E-state index >= 15 is 0 Å². The number of benzene rings is 2. The standard InChI is InChI=1S/C28H28N4O3S/c1-6-35-27(34)24-17(3)30-28-32(25(24)18-11-13-19(14-12-18)31(4)5)26(33)23(36-28)15-21-16(2)29-22-10-8-7-9-20(21)22/h7-15,25,29H,6H2,1-5H3/b23-15-. The highest BCUT2D eigenvalue weighted by atomic mass is 32.1. The summed E-state index contributed by atoms with van der Waals surface area (Å²) in [6, 6.07) is 15.3. The molecule has 1 aliphatic heterocycles. The maximum Gasteiger partial charge on any atom is 0.338 e. The summed E-state index contributed by atoms with van der Waals surface area (Å²) >= 11 is 1.33. The van der Waals surface area contributed by atoms with Crippen LogP contribution < -0.4 is 19.8 Å². The summed E-state index contributed by atoms with van der Waals surface area (Å²) in [6.45, 7) is 5.81. The summed E-state index contributed by atoms with van der Waals surface area (Å²) in [7, 11) is 3.94. The molecule has 0 bridgehead atoms. The average molecular weight is 501 g/mol. The van der Waals surface area contributed by atoms with Crippen molar-refractivity contribution in [2.24, 2.45) is 4.99 Å². The van der Waals surface area contributed by atoms with E-state index in [1.165, 1.54) is 11.3 Å². The van der Waals surface area contributed by atoms with Gasteiger partial charge in [-0.1, -0.05) is 41.7 Å². The number of nitrogens with one attached hydrogen (secondary N) is 1. The second-order valence-electron chi connectivity index (χ2n) is 9.00. The zero-order valence-corrected chi connectivity index (χ0v) is 21.8. The van der Waals surface area contributed by atoms with Crippen molar-refractivity contribution >= 4 is 40.0 Å². The SMILES string of the molecule is CCOC(=O)C1=C(C)N=c2s/c(=C\c3c(C)[nH]c4ccccc34)c(=O)n2C1c1ccc(N(C)C)cc1. The number of thiazole rings is 1. The highest BCUT2D eigenvalue weighted by molar-refractivity contribution is 7.07. The van der Waals surface area contributed by atoms with Gasteiger partial charge in [-0.15, -0.1) is 0 Å². The zero-order valence-electron chi connectivity index (χ0n) is 21.0. The number of aromatic nitrogens is 2. The van der Waals surface area contributed by atoms with Crippen molar-refractivity contribution in [2.45, 2.75) is 26.8 Å². The molecule has 3 heterocycles.